The zero-order chi connectivity index (χ0) is 18.1. The van der Waals surface area contributed by atoms with Gasteiger partial charge in [0.1, 0.15) is 0 Å². The molecule has 0 N–H and O–H groups in total. The fraction of sp³-hybridized carbons (Fsp3) is 0.700. The van der Waals surface area contributed by atoms with Crippen LogP contribution in [-0.2, 0) is 22.4 Å². The van der Waals surface area contributed by atoms with Crippen molar-refractivity contribution in [3.63, 3.8) is 0 Å². The number of hydrogen-bond donors (Lipinski definition) is 0. The number of amides is 2. The van der Waals surface area contributed by atoms with Crippen molar-refractivity contribution >= 4 is 23.2 Å². The van der Waals surface area contributed by atoms with Crippen LogP contribution in [0.25, 0.3) is 0 Å². The number of thiophene rings is 1. The van der Waals surface area contributed by atoms with Gasteiger partial charge in [-0.1, -0.05) is 6.92 Å². The first-order valence-corrected chi connectivity index (χ1v) is 10.8. The van der Waals surface area contributed by atoms with E-state index >= 15 is 0 Å². The second kappa shape index (κ2) is 7.69. The molecular weight excluding hydrogens is 348 g/mol. The van der Waals surface area contributed by atoms with Gasteiger partial charge in [0.15, 0.2) is 0 Å². The molecule has 0 bridgehead atoms. The van der Waals surface area contributed by atoms with Crippen LogP contribution in [0.1, 0.15) is 47.0 Å². The van der Waals surface area contributed by atoms with E-state index in [-0.39, 0.29) is 17.7 Å². The summed E-state index contributed by atoms with van der Waals surface area (Å²) in [5.74, 6) is 0.999. The number of nitrogens with zero attached hydrogens (tertiary/aromatic N) is 2. The molecule has 2 aliphatic heterocycles. The van der Waals surface area contributed by atoms with Crippen LogP contribution in [-0.4, -0.2) is 61.0 Å². The summed E-state index contributed by atoms with van der Waals surface area (Å²) in [6.07, 6.45) is 5.09. The van der Waals surface area contributed by atoms with Gasteiger partial charge in [-0.05, 0) is 43.6 Å². The van der Waals surface area contributed by atoms with Crippen molar-refractivity contribution in [2.24, 2.45) is 11.8 Å². The lowest BCUT2D eigenvalue weighted by Crippen LogP contribution is -2.49. The van der Waals surface area contributed by atoms with Crippen molar-refractivity contribution in [1.29, 1.82) is 0 Å². The van der Waals surface area contributed by atoms with Crippen LogP contribution in [0.3, 0.4) is 0 Å². The standard InChI is InChI=1S/C20H28N2O3S/c1-14-4-5-16-17(13-26-18(16)11-14)20(24)22-6-2-3-15(12-22)19(23)21-7-9-25-10-8-21/h13-15H,2-12H2,1H3. The number of ether oxygens (including phenoxy) is 1. The highest BCUT2D eigenvalue weighted by atomic mass is 32.1. The third kappa shape index (κ3) is 3.54. The van der Waals surface area contributed by atoms with Gasteiger partial charge in [0.05, 0.1) is 24.7 Å². The van der Waals surface area contributed by atoms with Gasteiger partial charge >= 0.3 is 0 Å². The molecule has 5 nitrogen and oxygen atoms in total. The van der Waals surface area contributed by atoms with Crippen LogP contribution in [0.2, 0.25) is 0 Å². The van der Waals surface area contributed by atoms with Crippen molar-refractivity contribution in [2.45, 2.75) is 39.0 Å². The van der Waals surface area contributed by atoms with E-state index in [0.29, 0.717) is 32.8 Å². The third-order valence-corrected chi connectivity index (χ3v) is 7.06. The Morgan fingerprint density at radius 2 is 1.96 bits per heavy atom. The van der Waals surface area contributed by atoms with Crippen molar-refractivity contribution in [3.05, 3.63) is 21.4 Å². The second-order valence-electron chi connectivity index (χ2n) is 7.93. The number of likely N-dealkylation sites (tertiary alicyclic amines) is 1. The Bertz CT molecular complexity index is 681. The van der Waals surface area contributed by atoms with Gasteiger partial charge in [0.25, 0.3) is 5.91 Å². The number of carbonyl (C=O) groups is 2. The van der Waals surface area contributed by atoms with Gasteiger partial charge in [-0.15, -0.1) is 11.3 Å². The van der Waals surface area contributed by atoms with Gasteiger partial charge in [-0.3, -0.25) is 9.59 Å². The summed E-state index contributed by atoms with van der Waals surface area (Å²) in [5, 5.41) is 2.05. The summed E-state index contributed by atoms with van der Waals surface area (Å²) < 4.78 is 5.35. The monoisotopic (exact) mass is 376 g/mol. The highest BCUT2D eigenvalue weighted by Crippen LogP contribution is 2.34. The summed E-state index contributed by atoms with van der Waals surface area (Å²) in [5.41, 5.74) is 2.18. The SMILES string of the molecule is CC1CCc2c(C(=O)N3CCCC(C(=O)N4CCOCC4)C3)csc2C1. The first-order valence-electron chi connectivity index (χ1n) is 9.88. The van der Waals surface area contributed by atoms with Gasteiger partial charge in [-0.2, -0.15) is 0 Å². The minimum absolute atomic E-state index is 0.0553. The Labute approximate surface area is 159 Å². The van der Waals surface area contributed by atoms with Gasteiger partial charge in [-0.25, -0.2) is 0 Å². The molecule has 0 aromatic carbocycles. The maximum absolute atomic E-state index is 13.1. The molecule has 2 atom stereocenters. The number of hydrogen-bond acceptors (Lipinski definition) is 4. The predicted molar refractivity (Wildman–Crippen MR) is 102 cm³/mol. The Morgan fingerprint density at radius 3 is 2.77 bits per heavy atom. The quantitative estimate of drug-likeness (QED) is 0.797. The van der Waals surface area contributed by atoms with E-state index in [4.69, 9.17) is 4.74 Å². The van der Waals surface area contributed by atoms with Crippen LogP contribution in [0, 0.1) is 11.8 Å². The van der Waals surface area contributed by atoms with Crippen LogP contribution in [0.4, 0.5) is 0 Å². The van der Waals surface area contributed by atoms with Crippen molar-refractivity contribution in [3.8, 4) is 0 Å². The highest BCUT2D eigenvalue weighted by Gasteiger charge is 2.33. The van der Waals surface area contributed by atoms with Gasteiger partial charge in [0.2, 0.25) is 5.91 Å². The van der Waals surface area contributed by atoms with Crippen LogP contribution in [0.15, 0.2) is 5.38 Å². The van der Waals surface area contributed by atoms with Crippen LogP contribution in [0.5, 0.6) is 0 Å². The fourth-order valence-corrected chi connectivity index (χ4v) is 5.67. The van der Waals surface area contributed by atoms with Crippen molar-refractivity contribution in [2.75, 3.05) is 39.4 Å². The molecule has 3 heterocycles. The van der Waals surface area contributed by atoms with E-state index < -0.39 is 0 Å². The smallest absolute Gasteiger partial charge is 0.255 e. The lowest BCUT2D eigenvalue weighted by Gasteiger charge is -2.36. The normalized spacial score (nSPS) is 26.5. The van der Waals surface area contributed by atoms with E-state index in [9.17, 15) is 9.59 Å². The van der Waals surface area contributed by atoms with E-state index in [0.717, 1.165) is 43.7 Å². The van der Waals surface area contributed by atoms with Crippen molar-refractivity contribution < 1.29 is 14.3 Å². The average Bonchev–Trinajstić information content (AvgIpc) is 3.10. The zero-order valence-corrected chi connectivity index (χ0v) is 16.4. The summed E-state index contributed by atoms with van der Waals surface area (Å²) >= 11 is 1.74. The lowest BCUT2D eigenvalue weighted by atomic mass is 9.88. The Morgan fingerprint density at radius 1 is 1.15 bits per heavy atom. The molecule has 3 aliphatic rings. The first-order chi connectivity index (χ1) is 12.6. The molecule has 4 rings (SSSR count). The Hall–Kier alpha value is -1.40. The van der Waals surface area contributed by atoms with Gasteiger partial charge in [0, 0.05) is 36.4 Å². The molecule has 6 heteroatoms. The minimum Gasteiger partial charge on any atom is -0.378 e. The maximum Gasteiger partial charge on any atom is 0.255 e. The van der Waals surface area contributed by atoms with Crippen LogP contribution >= 0.6 is 11.3 Å². The molecule has 1 aromatic heterocycles. The molecular formula is C20H28N2O3S. The maximum atomic E-state index is 13.1. The van der Waals surface area contributed by atoms with E-state index in [2.05, 4.69) is 12.3 Å². The Balaban J connectivity index is 1.44. The second-order valence-corrected chi connectivity index (χ2v) is 8.89. The molecule has 2 unspecified atom stereocenters. The summed E-state index contributed by atoms with van der Waals surface area (Å²) in [6.45, 7) is 6.24. The molecule has 142 valence electrons. The number of rotatable bonds is 2. The molecule has 0 spiro atoms. The summed E-state index contributed by atoms with van der Waals surface area (Å²) in [4.78, 5) is 31.2. The van der Waals surface area contributed by atoms with E-state index in [1.54, 1.807) is 11.3 Å². The minimum atomic E-state index is -0.0553. The number of fused-ring (bicyclic) bond motifs is 1. The molecule has 26 heavy (non-hydrogen) atoms. The summed E-state index contributed by atoms with van der Waals surface area (Å²) in [7, 11) is 0. The lowest BCUT2D eigenvalue weighted by molar-refractivity contribution is -0.141. The largest absolute Gasteiger partial charge is 0.378 e. The Kier molecular flexibility index (Phi) is 5.32. The number of morpholine rings is 1. The topological polar surface area (TPSA) is 49.9 Å². The van der Waals surface area contributed by atoms with E-state index in [1.807, 2.05) is 9.80 Å². The fourth-order valence-electron chi connectivity index (χ4n) is 4.43. The predicted octanol–water partition coefficient (Wildman–Crippen LogP) is 2.58. The first kappa shape index (κ1) is 18.0. The van der Waals surface area contributed by atoms with Gasteiger partial charge < -0.3 is 14.5 Å². The molecule has 2 amide bonds. The average molecular weight is 377 g/mol. The van der Waals surface area contributed by atoms with Crippen LogP contribution < -0.4 is 0 Å². The van der Waals surface area contributed by atoms with Crippen molar-refractivity contribution in [1.82, 2.24) is 9.80 Å². The summed E-state index contributed by atoms with van der Waals surface area (Å²) in [6, 6.07) is 0. The number of carbonyl (C=O) groups excluding carboxylic acids is 2. The molecule has 0 radical (unpaired) electrons. The molecule has 1 aromatic rings. The molecule has 2 saturated heterocycles. The molecule has 1 aliphatic carbocycles. The third-order valence-electron chi connectivity index (χ3n) is 6.01. The van der Waals surface area contributed by atoms with E-state index in [1.165, 1.54) is 16.9 Å². The molecule has 2 fully saturated rings. The highest BCUT2D eigenvalue weighted by molar-refractivity contribution is 7.10. The molecule has 0 saturated carbocycles. The zero-order valence-electron chi connectivity index (χ0n) is 15.5. The number of piperidine rings is 1.